The lowest BCUT2D eigenvalue weighted by atomic mass is 9.95. The van der Waals surface area contributed by atoms with Gasteiger partial charge in [-0.25, -0.2) is 9.97 Å². The minimum absolute atomic E-state index is 0.129. The van der Waals surface area contributed by atoms with Gasteiger partial charge in [0.05, 0.1) is 0 Å². The molecule has 2 N–H and O–H groups in total. The van der Waals surface area contributed by atoms with E-state index in [1.54, 1.807) is 0 Å². The van der Waals surface area contributed by atoms with Crippen LogP contribution in [0.5, 0.6) is 0 Å². The summed E-state index contributed by atoms with van der Waals surface area (Å²) < 4.78 is 0. The first kappa shape index (κ1) is 16.2. The van der Waals surface area contributed by atoms with Crippen molar-refractivity contribution in [3.05, 3.63) is 16.5 Å². The largest absolute Gasteiger partial charge is 0.396 e. The lowest BCUT2D eigenvalue weighted by Gasteiger charge is -2.28. The summed E-state index contributed by atoms with van der Waals surface area (Å²) in [6, 6.07) is 0. The van der Waals surface area contributed by atoms with Crippen LogP contribution in [0.25, 0.3) is 0 Å². The first-order chi connectivity index (χ1) is 8.57. The number of anilines is 1. The summed E-state index contributed by atoms with van der Waals surface area (Å²) in [5, 5.41) is 12.9. The van der Waals surface area contributed by atoms with Crippen LogP contribution in [0.15, 0.2) is 0 Å². The van der Waals surface area contributed by atoms with Crippen molar-refractivity contribution in [1.82, 2.24) is 9.97 Å². The minimum Gasteiger partial charge on any atom is -0.396 e. The summed E-state index contributed by atoms with van der Waals surface area (Å²) in [4.78, 5) is 8.93. The highest BCUT2D eigenvalue weighted by Gasteiger charge is 2.24. The molecule has 0 amide bonds. The van der Waals surface area contributed by atoms with Gasteiger partial charge in [0.15, 0.2) is 0 Å². The molecule has 0 aliphatic carbocycles. The van der Waals surface area contributed by atoms with E-state index in [0.717, 1.165) is 11.4 Å². The normalized spacial score (nSPS) is 12.6. The van der Waals surface area contributed by atoms with Crippen molar-refractivity contribution in [2.24, 2.45) is 0 Å². The van der Waals surface area contributed by atoms with Gasteiger partial charge in [0, 0.05) is 23.1 Å². The van der Waals surface area contributed by atoms with Crippen LogP contribution in [0.1, 0.15) is 52.4 Å². The van der Waals surface area contributed by atoms with E-state index in [2.05, 4.69) is 36.1 Å². The maximum atomic E-state index is 9.09. The van der Waals surface area contributed by atoms with Gasteiger partial charge in [-0.1, -0.05) is 32.4 Å². The summed E-state index contributed by atoms with van der Waals surface area (Å²) in [5.41, 5.74) is 0.432. The SMILES string of the molecule is Cc1c(Cl)nc(C(C)(C)C)nc1NC(C)(C)CCO. The molecule has 0 aliphatic rings. The maximum absolute atomic E-state index is 9.09. The van der Waals surface area contributed by atoms with Crippen LogP contribution in [0, 0.1) is 6.92 Å². The molecule has 0 saturated heterocycles. The Balaban J connectivity index is 3.17. The van der Waals surface area contributed by atoms with Crippen LogP contribution in [0.3, 0.4) is 0 Å². The van der Waals surface area contributed by atoms with Crippen molar-refractivity contribution in [1.29, 1.82) is 0 Å². The van der Waals surface area contributed by atoms with Crippen LogP contribution < -0.4 is 5.32 Å². The molecule has 0 radical (unpaired) electrons. The predicted octanol–water partition coefficient (Wildman–Crippen LogP) is 3.31. The van der Waals surface area contributed by atoms with E-state index in [1.165, 1.54) is 0 Å². The number of aliphatic hydroxyl groups is 1. The fourth-order valence-electron chi connectivity index (χ4n) is 1.61. The van der Waals surface area contributed by atoms with Gasteiger partial charge in [0.1, 0.15) is 16.8 Å². The monoisotopic (exact) mass is 285 g/mol. The van der Waals surface area contributed by atoms with Gasteiger partial charge >= 0.3 is 0 Å². The van der Waals surface area contributed by atoms with Crippen LogP contribution >= 0.6 is 11.6 Å². The number of hydrogen-bond donors (Lipinski definition) is 2. The summed E-state index contributed by atoms with van der Waals surface area (Å²) >= 11 is 6.19. The van der Waals surface area contributed by atoms with Gasteiger partial charge in [-0.05, 0) is 27.2 Å². The maximum Gasteiger partial charge on any atom is 0.137 e. The molecule has 0 spiro atoms. The fourth-order valence-corrected chi connectivity index (χ4v) is 1.78. The molecular weight excluding hydrogens is 262 g/mol. The summed E-state index contributed by atoms with van der Waals surface area (Å²) in [6.07, 6.45) is 0.638. The number of aromatic nitrogens is 2. The molecule has 0 aliphatic heterocycles. The van der Waals surface area contributed by atoms with E-state index in [-0.39, 0.29) is 17.6 Å². The Morgan fingerprint density at radius 3 is 2.21 bits per heavy atom. The Bertz CT molecular complexity index is 453. The molecule has 0 unspecified atom stereocenters. The van der Waals surface area contributed by atoms with Gasteiger partial charge < -0.3 is 10.4 Å². The van der Waals surface area contributed by atoms with Gasteiger partial charge in [0.2, 0.25) is 0 Å². The molecule has 108 valence electrons. The molecule has 1 aromatic heterocycles. The average molecular weight is 286 g/mol. The lowest BCUT2D eigenvalue weighted by molar-refractivity contribution is 0.260. The summed E-state index contributed by atoms with van der Waals surface area (Å²) in [7, 11) is 0. The van der Waals surface area contributed by atoms with Crippen LogP contribution in [-0.4, -0.2) is 27.2 Å². The molecule has 1 rings (SSSR count). The van der Waals surface area contributed by atoms with E-state index >= 15 is 0 Å². The quantitative estimate of drug-likeness (QED) is 0.834. The fraction of sp³-hybridized carbons (Fsp3) is 0.714. The van der Waals surface area contributed by atoms with E-state index in [0.29, 0.717) is 17.4 Å². The van der Waals surface area contributed by atoms with Crippen molar-refractivity contribution in [2.45, 2.75) is 58.9 Å². The van der Waals surface area contributed by atoms with Crippen LogP contribution in [0.4, 0.5) is 5.82 Å². The number of halogens is 1. The van der Waals surface area contributed by atoms with Gasteiger partial charge in [-0.2, -0.15) is 0 Å². The van der Waals surface area contributed by atoms with E-state index in [9.17, 15) is 0 Å². The van der Waals surface area contributed by atoms with Gasteiger partial charge in [-0.3, -0.25) is 0 Å². The van der Waals surface area contributed by atoms with Crippen molar-refractivity contribution in [3.8, 4) is 0 Å². The zero-order valence-corrected chi connectivity index (χ0v) is 13.4. The zero-order valence-electron chi connectivity index (χ0n) is 12.6. The van der Waals surface area contributed by atoms with E-state index in [1.807, 2.05) is 20.8 Å². The van der Waals surface area contributed by atoms with Crippen LogP contribution in [-0.2, 0) is 5.41 Å². The second kappa shape index (κ2) is 5.63. The van der Waals surface area contributed by atoms with Crippen molar-refractivity contribution in [2.75, 3.05) is 11.9 Å². The highest BCUT2D eigenvalue weighted by atomic mass is 35.5. The number of aliphatic hydroxyl groups excluding tert-OH is 1. The molecular formula is C14H24ClN3O. The molecule has 1 aromatic rings. The Kier molecular flexibility index (Phi) is 4.80. The third-order valence-electron chi connectivity index (χ3n) is 2.95. The molecule has 1 heterocycles. The zero-order chi connectivity index (χ0) is 14.8. The number of hydrogen-bond acceptors (Lipinski definition) is 4. The molecule has 0 bridgehead atoms. The molecule has 0 aromatic carbocycles. The highest BCUT2D eigenvalue weighted by molar-refractivity contribution is 6.30. The Hall–Kier alpha value is -0.870. The number of rotatable bonds is 4. The molecule has 0 atom stereocenters. The lowest BCUT2D eigenvalue weighted by Crippen LogP contribution is -2.33. The number of nitrogens with zero attached hydrogens (tertiary/aromatic N) is 2. The smallest absolute Gasteiger partial charge is 0.137 e. The van der Waals surface area contributed by atoms with Crippen LogP contribution in [0.2, 0.25) is 5.15 Å². The van der Waals surface area contributed by atoms with Crippen molar-refractivity contribution >= 4 is 17.4 Å². The van der Waals surface area contributed by atoms with Crippen molar-refractivity contribution < 1.29 is 5.11 Å². The molecule has 19 heavy (non-hydrogen) atoms. The first-order valence-electron chi connectivity index (χ1n) is 6.50. The topological polar surface area (TPSA) is 58.0 Å². The minimum atomic E-state index is -0.244. The number of nitrogens with one attached hydrogen (secondary N) is 1. The molecule has 5 heteroatoms. The molecule has 0 saturated carbocycles. The summed E-state index contributed by atoms with van der Waals surface area (Å²) in [5.74, 6) is 1.45. The Morgan fingerprint density at radius 2 is 1.74 bits per heavy atom. The van der Waals surface area contributed by atoms with E-state index in [4.69, 9.17) is 16.7 Å². The van der Waals surface area contributed by atoms with Gasteiger partial charge in [0.25, 0.3) is 0 Å². The third-order valence-corrected chi connectivity index (χ3v) is 3.32. The standard InChI is InChI=1S/C14H24ClN3O/c1-9-10(15)16-12(13(2,3)4)17-11(9)18-14(5,6)7-8-19/h19H,7-8H2,1-6H3,(H,16,17,18). The second-order valence-electron chi connectivity index (χ2n) is 6.54. The third kappa shape index (κ3) is 4.32. The molecule has 4 nitrogen and oxygen atoms in total. The van der Waals surface area contributed by atoms with E-state index < -0.39 is 0 Å². The highest BCUT2D eigenvalue weighted by Crippen LogP contribution is 2.28. The average Bonchev–Trinajstić information content (AvgIpc) is 2.22. The second-order valence-corrected chi connectivity index (χ2v) is 6.90. The Morgan fingerprint density at radius 1 is 1.16 bits per heavy atom. The molecule has 0 fully saturated rings. The first-order valence-corrected chi connectivity index (χ1v) is 6.88. The van der Waals surface area contributed by atoms with Gasteiger partial charge in [-0.15, -0.1) is 0 Å². The van der Waals surface area contributed by atoms with Crippen molar-refractivity contribution in [3.63, 3.8) is 0 Å². The predicted molar refractivity (Wildman–Crippen MR) is 79.9 cm³/mol. The summed E-state index contributed by atoms with van der Waals surface area (Å²) in [6.45, 7) is 12.2. The Labute approximate surface area is 120 Å².